The molecule has 1 aliphatic heterocycles. The van der Waals surface area contributed by atoms with Crippen LogP contribution in [0.3, 0.4) is 0 Å². The lowest BCUT2D eigenvalue weighted by Crippen LogP contribution is -2.45. The lowest BCUT2D eigenvalue weighted by Gasteiger charge is -2.30. The molecule has 1 aromatic carbocycles. The highest BCUT2D eigenvalue weighted by Gasteiger charge is 2.42. The summed E-state index contributed by atoms with van der Waals surface area (Å²) in [6.07, 6.45) is 0.444. The number of thiophene rings is 1. The second-order valence-electron chi connectivity index (χ2n) is 8.16. The van der Waals surface area contributed by atoms with Crippen LogP contribution in [0.4, 0.5) is 0 Å². The number of aryl methyl sites for hydroxylation is 1. The number of carbonyl (C=O) groups excluding carboxylic acids is 3. The molecule has 1 saturated heterocycles. The van der Waals surface area contributed by atoms with Crippen molar-refractivity contribution in [1.29, 1.82) is 0 Å². The van der Waals surface area contributed by atoms with E-state index in [0.717, 1.165) is 5.56 Å². The van der Waals surface area contributed by atoms with Gasteiger partial charge in [-0.05, 0) is 50.6 Å². The third kappa shape index (κ3) is 4.85. The minimum absolute atomic E-state index is 0.266. The van der Waals surface area contributed by atoms with Gasteiger partial charge < -0.3 is 15.0 Å². The molecule has 6 nitrogen and oxygen atoms in total. The van der Waals surface area contributed by atoms with E-state index in [1.54, 1.807) is 26.2 Å². The molecule has 1 fully saturated rings. The van der Waals surface area contributed by atoms with E-state index in [-0.39, 0.29) is 11.8 Å². The van der Waals surface area contributed by atoms with Gasteiger partial charge in [-0.15, -0.1) is 0 Å². The number of benzene rings is 1. The molecule has 0 spiro atoms. The number of nitrogens with zero attached hydrogens (tertiary/aromatic N) is 1. The predicted molar refractivity (Wildman–Crippen MR) is 112 cm³/mol. The Morgan fingerprint density at radius 1 is 1.21 bits per heavy atom. The van der Waals surface area contributed by atoms with E-state index in [4.69, 9.17) is 4.74 Å². The summed E-state index contributed by atoms with van der Waals surface area (Å²) in [6, 6.07) is 7.62. The quantitative estimate of drug-likeness (QED) is 0.760. The Kier molecular flexibility index (Phi) is 6.07. The van der Waals surface area contributed by atoms with Gasteiger partial charge in [0, 0.05) is 11.9 Å². The number of rotatable bonds is 5. The molecule has 0 bridgehead atoms. The van der Waals surface area contributed by atoms with Crippen LogP contribution in [0, 0.1) is 6.92 Å². The number of likely N-dealkylation sites (tertiary alicyclic amines) is 1. The molecule has 0 radical (unpaired) electrons. The van der Waals surface area contributed by atoms with Crippen molar-refractivity contribution in [2.75, 3.05) is 6.54 Å². The van der Waals surface area contributed by atoms with Gasteiger partial charge in [-0.1, -0.05) is 30.3 Å². The van der Waals surface area contributed by atoms with Crippen molar-refractivity contribution < 1.29 is 19.1 Å². The van der Waals surface area contributed by atoms with Crippen LogP contribution < -0.4 is 5.32 Å². The van der Waals surface area contributed by atoms with E-state index in [2.05, 4.69) is 5.32 Å². The van der Waals surface area contributed by atoms with Crippen LogP contribution >= 0.6 is 11.3 Å². The van der Waals surface area contributed by atoms with E-state index in [9.17, 15) is 14.4 Å². The van der Waals surface area contributed by atoms with Crippen LogP contribution in [0.5, 0.6) is 0 Å². The maximum absolute atomic E-state index is 13.1. The molecule has 0 unspecified atom stereocenters. The molecule has 2 heterocycles. The van der Waals surface area contributed by atoms with Crippen LogP contribution in [0.25, 0.3) is 0 Å². The van der Waals surface area contributed by atoms with Gasteiger partial charge >= 0.3 is 5.97 Å². The van der Waals surface area contributed by atoms with Crippen molar-refractivity contribution in [1.82, 2.24) is 10.2 Å². The topological polar surface area (TPSA) is 75.7 Å². The summed E-state index contributed by atoms with van der Waals surface area (Å²) in [5, 5.41) is 6.49. The van der Waals surface area contributed by atoms with Crippen molar-refractivity contribution >= 4 is 29.1 Å². The van der Waals surface area contributed by atoms with E-state index >= 15 is 0 Å². The lowest BCUT2D eigenvalue weighted by molar-refractivity contribution is -0.164. The van der Waals surface area contributed by atoms with Gasteiger partial charge in [-0.2, -0.15) is 11.3 Å². The van der Waals surface area contributed by atoms with Gasteiger partial charge in [0.15, 0.2) is 6.04 Å². The predicted octanol–water partition coefficient (Wildman–Crippen LogP) is 3.47. The fourth-order valence-electron chi connectivity index (χ4n) is 3.36. The first-order valence-corrected chi connectivity index (χ1v) is 10.5. The minimum Gasteiger partial charge on any atom is -0.458 e. The van der Waals surface area contributed by atoms with Gasteiger partial charge in [-0.25, -0.2) is 4.79 Å². The monoisotopic (exact) mass is 414 g/mol. The molecule has 2 atom stereocenters. The number of ether oxygens (including phenoxy) is 1. The molecular formula is C22H26N2O4S. The molecule has 29 heavy (non-hydrogen) atoms. The zero-order chi connectivity index (χ0) is 21.2. The van der Waals surface area contributed by atoms with Gasteiger partial charge in [0.05, 0.1) is 5.56 Å². The number of hydrogen-bond acceptors (Lipinski definition) is 5. The van der Waals surface area contributed by atoms with Gasteiger partial charge in [-0.3, -0.25) is 9.59 Å². The molecule has 154 valence electrons. The van der Waals surface area contributed by atoms with Crippen molar-refractivity contribution in [2.45, 2.75) is 51.8 Å². The SMILES string of the molecule is Cc1cscc1C(=O)N[C@H]1CCN([C@H](C(=O)OC(C)(C)C)c2ccccc2)C1=O. The fraction of sp³-hybridized carbons (Fsp3) is 0.409. The summed E-state index contributed by atoms with van der Waals surface area (Å²) < 4.78 is 5.59. The summed E-state index contributed by atoms with van der Waals surface area (Å²) in [7, 11) is 0. The minimum atomic E-state index is -0.840. The van der Waals surface area contributed by atoms with Crippen molar-refractivity contribution in [3.05, 3.63) is 57.8 Å². The Labute approximate surface area is 174 Å². The van der Waals surface area contributed by atoms with Gasteiger partial charge in [0.1, 0.15) is 11.6 Å². The Balaban J connectivity index is 1.80. The molecule has 1 aliphatic rings. The highest BCUT2D eigenvalue weighted by atomic mass is 32.1. The van der Waals surface area contributed by atoms with E-state index in [1.165, 1.54) is 16.2 Å². The largest absolute Gasteiger partial charge is 0.458 e. The molecule has 2 amide bonds. The zero-order valence-electron chi connectivity index (χ0n) is 17.1. The first-order valence-electron chi connectivity index (χ1n) is 9.59. The first-order chi connectivity index (χ1) is 13.7. The maximum Gasteiger partial charge on any atom is 0.334 e. The van der Waals surface area contributed by atoms with Crippen LogP contribution in [-0.2, 0) is 14.3 Å². The molecule has 0 aliphatic carbocycles. The van der Waals surface area contributed by atoms with E-state index in [1.807, 2.05) is 42.6 Å². The number of carbonyl (C=O) groups is 3. The highest BCUT2D eigenvalue weighted by molar-refractivity contribution is 7.08. The maximum atomic E-state index is 13.1. The summed E-state index contributed by atoms with van der Waals surface area (Å²) >= 11 is 1.45. The molecular weight excluding hydrogens is 388 g/mol. The molecule has 7 heteroatoms. The van der Waals surface area contributed by atoms with E-state index < -0.39 is 23.7 Å². The van der Waals surface area contributed by atoms with Gasteiger partial charge in [0.25, 0.3) is 5.91 Å². The fourth-order valence-corrected chi connectivity index (χ4v) is 4.19. The third-order valence-electron chi connectivity index (χ3n) is 4.70. The molecule has 3 rings (SSSR count). The average molecular weight is 415 g/mol. The second kappa shape index (κ2) is 8.37. The lowest BCUT2D eigenvalue weighted by atomic mass is 10.0. The number of hydrogen-bond donors (Lipinski definition) is 1. The average Bonchev–Trinajstić information content (AvgIpc) is 3.22. The second-order valence-corrected chi connectivity index (χ2v) is 8.91. The summed E-state index contributed by atoms with van der Waals surface area (Å²) in [5.41, 5.74) is 1.48. The summed E-state index contributed by atoms with van der Waals surface area (Å²) in [4.78, 5) is 40.1. The summed E-state index contributed by atoms with van der Waals surface area (Å²) in [5.74, 6) is -1.01. The van der Waals surface area contributed by atoms with Crippen LogP contribution in [0.2, 0.25) is 0 Å². The smallest absolute Gasteiger partial charge is 0.334 e. The van der Waals surface area contributed by atoms with E-state index in [0.29, 0.717) is 24.1 Å². The number of nitrogens with one attached hydrogen (secondary N) is 1. The van der Waals surface area contributed by atoms with Crippen molar-refractivity contribution in [3.8, 4) is 0 Å². The Bertz CT molecular complexity index is 901. The third-order valence-corrected chi connectivity index (χ3v) is 5.56. The Morgan fingerprint density at radius 2 is 1.90 bits per heavy atom. The number of esters is 1. The standard InChI is InChI=1S/C22H26N2O4S/c1-14-12-29-13-16(14)19(25)23-17-10-11-24(20(17)26)18(15-8-6-5-7-9-15)21(27)28-22(2,3)4/h5-9,12-13,17-18H,10-11H2,1-4H3,(H,23,25)/t17-,18-/m0/s1. The van der Waals surface area contributed by atoms with Crippen molar-refractivity contribution in [2.24, 2.45) is 0 Å². The molecule has 1 N–H and O–H groups in total. The Hall–Kier alpha value is -2.67. The van der Waals surface area contributed by atoms with Crippen LogP contribution in [-0.4, -0.2) is 40.9 Å². The molecule has 0 saturated carbocycles. The zero-order valence-corrected chi connectivity index (χ0v) is 17.9. The normalized spacial score (nSPS) is 17.9. The van der Waals surface area contributed by atoms with Crippen LogP contribution in [0.1, 0.15) is 54.7 Å². The van der Waals surface area contributed by atoms with Crippen molar-refractivity contribution in [3.63, 3.8) is 0 Å². The highest BCUT2D eigenvalue weighted by Crippen LogP contribution is 2.29. The summed E-state index contributed by atoms with van der Waals surface area (Å²) in [6.45, 7) is 7.62. The number of amides is 2. The Morgan fingerprint density at radius 3 is 2.48 bits per heavy atom. The van der Waals surface area contributed by atoms with Crippen LogP contribution in [0.15, 0.2) is 41.1 Å². The molecule has 2 aromatic rings. The van der Waals surface area contributed by atoms with Gasteiger partial charge in [0.2, 0.25) is 5.91 Å². The molecule has 1 aromatic heterocycles. The first kappa shape index (κ1) is 21.0.